The van der Waals surface area contributed by atoms with E-state index in [2.05, 4.69) is 15.6 Å². The molecule has 0 spiro atoms. The molecule has 2 N–H and O–H groups in total. The third-order valence-corrected chi connectivity index (χ3v) is 3.30. The summed E-state index contributed by atoms with van der Waals surface area (Å²) in [5, 5.41) is 6.19. The van der Waals surface area contributed by atoms with Gasteiger partial charge >= 0.3 is 0 Å². The number of nitrogens with one attached hydrogen (secondary N) is 2. The summed E-state index contributed by atoms with van der Waals surface area (Å²) in [7, 11) is 0. The van der Waals surface area contributed by atoms with Gasteiger partial charge in [0.05, 0.1) is 0 Å². The Morgan fingerprint density at radius 2 is 1.95 bits per heavy atom. The van der Waals surface area contributed by atoms with Crippen LogP contribution in [-0.4, -0.2) is 10.9 Å². The molecule has 0 bridgehead atoms. The zero-order chi connectivity index (χ0) is 13.1. The minimum atomic E-state index is -0.0356. The summed E-state index contributed by atoms with van der Waals surface area (Å²) in [5.41, 5.74) is 4.27. The van der Waals surface area contributed by atoms with Gasteiger partial charge in [0.1, 0.15) is 0 Å². The summed E-state index contributed by atoms with van der Waals surface area (Å²) >= 11 is 0. The maximum atomic E-state index is 12.1. The van der Waals surface area contributed by atoms with Crippen molar-refractivity contribution in [2.24, 2.45) is 0 Å². The largest absolute Gasteiger partial charge is 0.348 e. The smallest absolute Gasteiger partial charge is 0.251 e. The van der Waals surface area contributed by atoms with Gasteiger partial charge < -0.3 is 10.6 Å². The number of hydrogen-bond donors (Lipinski definition) is 2. The molecule has 2 aromatic rings. The predicted octanol–water partition coefficient (Wildman–Crippen LogP) is 1.61. The number of hydrogen-bond acceptors (Lipinski definition) is 3. The average molecular weight is 253 g/mol. The molecule has 4 nitrogen and oxygen atoms in total. The summed E-state index contributed by atoms with van der Waals surface area (Å²) in [5.74, 6) is -0.0356. The van der Waals surface area contributed by atoms with Crippen LogP contribution in [0.4, 0.5) is 0 Å². The molecule has 96 valence electrons. The number of aromatic nitrogens is 1. The van der Waals surface area contributed by atoms with Crippen molar-refractivity contribution in [1.29, 1.82) is 0 Å². The zero-order valence-electron chi connectivity index (χ0n) is 10.5. The van der Waals surface area contributed by atoms with Crippen molar-refractivity contribution in [3.8, 4) is 0 Å². The fraction of sp³-hybridized carbons (Fsp3) is 0.200. The molecule has 3 rings (SSSR count). The summed E-state index contributed by atoms with van der Waals surface area (Å²) in [6.45, 7) is 2.27. The summed E-state index contributed by atoms with van der Waals surface area (Å²) in [4.78, 5) is 16.0. The molecule has 1 aromatic carbocycles. The van der Waals surface area contributed by atoms with Crippen molar-refractivity contribution < 1.29 is 4.79 Å². The van der Waals surface area contributed by atoms with Crippen LogP contribution in [0.3, 0.4) is 0 Å². The Labute approximate surface area is 111 Å². The standard InChI is InChI=1S/C15H15N3O/c19-15(18-8-11-3-5-16-6-4-11)12-1-2-13-9-17-10-14(13)7-12/h1-7,17H,8-10H2,(H,18,19). The topological polar surface area (TPSA) is 54.0 Å². The first-order valence-corrected chi connectivity index (χ1v) is 6.32. The van der Waals surface area contributed by atoms with Crippen LogP contribution in [0.5, 0.6) is 0 Å². The van der Waals surface area contributed by atoms with Gasteiger partial charge in [0.15, 0.2) is 0 Å². The van der Waals surface area contributed by atoms with Gasteiger partial charge in [-0.2, -0.15) is 0 Å². The highest BCUT2D eigenvalue weighted by Crippen LogP contribution is 2.17. The Morgan fingerprint density at radius 1 is 1.16 bits per heavy atom. The van der Waals surface area contributed by atoms with Crippen molar-refractivity contribution in [2.75, 3.05) is 0 Å². The second-order valence-corrected chi connectivity index (χ2v) is 4.63. The number of pyridine rings is 1. The Morgan fingerprint density at radius 3 is 2.79 bits per heavy atom. The van der Waals surface area contributed by atoms with Crippen LogP contribution in [0.2, 0.25) is 0 Å². The molecule has 0 saturated heterocycles. The first-order valence-electron chi connectivity index (χ1n) is 6.32. The highest BCUT2D eigenvalue weighted by molar-refractivity contribution is 5.94. The number of amides is 1. The molecule has 0 aliphatic carbocycles. The average Bonchev–Trinajstić information content (AvgIpc) is 2.93. The number of nitrogens with zero attached hydrogens (tertiary/aromatic N) is 1. The first-order chi connectivity index (χ1) is 9.33. The van der Waals surface area contributed by atoms with E-state index in [1.807, 2.05) is 30.3 Å². The third-order valence-electron chi connectivity index (χ3n) is 3.30. The van der Waals surface area contributed by atoms with Gasteiger partial charge in [0, 0.05) is 37.6 Å². The molecule has 1 aliphatic heterocycles. The highest BCUT2D eigenvalue weighted by atomic mass is 16.1. The van der Waals surface area contributed by atoms with E-state index in [0.717, 1.165) is 24.2 Å². The van der Waals surface area contributed by atoms with Gasteiger partial charge in [-0.25, -0.2) is 0 Å². The molecule has 4 heteroatoms. The second kappa shape index (κ2) is 5.20. The minimum Gasteiger partial charge on any atom is -0.348 e. The van der Waals surface area contributed by atoms with Crippen molar-refractivity contribution in [2.45, 2.75) is 19.6 Å². The number of rotatable bonds is 3. The van der Waals surface area contributed by atoms with Crippen LogP contribution in [0, 0.1) is 0 Å². The Kier molecular flexibility index (Phi) is 3.25. The van der Waals surface area contributed by atoms with Crippen LogP contribution in [0.15, 0.2) is 42.7 Å². The van der Waals surface area contributed by atoms with Crippen molar-refractivity contribution in [3.05, 3.63) is 65.0 Å². The number of benzene rings is 1. The van der Waals surface area contributed by atoms with Crippen LogP contribution < -0.4 is 10.6 Å². The van der Waals surface area contributed by atoms with Crippen LogP contribution in [-0.2, 0) is 19.6 Å². The predicted molar refractivity (Wildman–Crippen MR) is 72.4 cm³/mol. The summed E-state index contributed by atoms with van der Waals surface area (Å²) in [6, 6.07) is 9.67. The van der Waals surface area contributed by atoms with Crippen molar-refractivity contribution in [1.82, 2.24) is 15.6 Å². The SMILES string of the molecule is O=C(NCc1ccncc1)c1ccc2c(c1)CNC2. The van der Waals surface area contributed by atoms with E-state index in [9.17, 15) is 4.79 Å². The lowest BCUT2D eigenvalue weighted by atomic mass is 10.1. The fourth-order valence-corrected chi connectivity index (χ4v) is 2.22. The van der Waals surface area contributed by atoms with E-state index < -0.39 is 0 Å². The quantitative estimate of drug-likeness (QED) is 0.874. The second-order valence-electron chi connectivity index (χ2n) is 4.63. The lowest BCUT2D eigenvalue weighted by Crippen LogP contribution is -2.22. The van der Waals surface area contributed by atoms with Gasteiger partial charge in [0.25, 0.3) is 5.91 Å². The number of carbonyl (C=O) groups excluding carboxylic acids is 1. The highest BCUT2D eigenvalue weighted by Gasteiger charge is 2.13. The van der Waals surface area contributed by atoms with Gasteiger partial charge in [0.2, 0.25) is 0 Å². The molecule has 1 amide bonds. The van der Waals surface area contributed by atoms with Crippen LogP contribution >= 0.6 is 0 Å². The maximum absolute atomic E-state index is 12.1. The molecular formula is C15H15N3O. The van der Waals surface area contributed by atoms with Gasteiger partial charge in [-0.3, -0.25) is 9.78 Å². The monoisotopic (exact) mass is 253 g/mol. The fourth-order valence-electron chi connectivity index (χ4n) is 2.22. The van der Waals surface area contributed by atoms with Crippen LogP contribution in [0.1, 0.15) is 27.0 Å². The molecular weight excluding hydrogens is 238 g/mol. The van der Waals surface area contributed by atoms with Crippen molar-refractivity contribution >= 4 is 5.91 Å². The molecule has 0 fully saturated rings. The van der Waals surface area contributed by atoms with E-state index in [-0.39, 0.29) is 5.91 Å². The Balaban J connectivity index is 1.67. The zero-order valence-corrected chi connectivity index (χ0v) is 10.5. The number of carbonyl (C=O) groups is 1. The Hall–Kier alpha value is -2.20. The van der Waals surface area contributed by atoms with Crippen molar-refractivity contribution in [3.63, 3.8) is 0 Å². The lowest BCUT2D eigenvalue weighted by molar-refractivity contribution is 0.0951. The van der Waals surface area contributed by atoms with Crippen LogP contribution in [0.25, 0.3) is 0 Å². The third kappa shape index (κ3) is 2.63. The first kappa shape index (κ1) is 11.9. The normalized spacial score (nSPS) is 13.1. The molecule has 0 atom stereocenters. The Bertz CT molecular complexity index is 596. The minimum absolute atomic E-state index is 0.0356. The van der Waals surface area contributed by atoms with E-state index in [4.69, 9.17) is 0 Å². The lowest BCUT2D eigenvalue weighted by Gasteiger charge is -2.06. The number of fused-ring (bicyclic) bond motifs is 1. The molecule has 0 radical (unpaired) electrons. The van der Waals surface area contributed by atoms with E-state index in [1.54, 1.807) is 12.4 Å². The summed E-state index contributed by atoms with van der Waals surface area (Å²) in [6.07, 6.45) is 3.45. The van der Waals surface area contributed by atoms with Gasteiger partial charge in [-0.1, -0.05) is 6.07 Å². The molecule has 0 unspecified atom stereocenters. The van der Waals surface area contributed by atoms with E-state index >= 15 is 0 Å². The molecule has 1 aromatic heterocycles. The summed E-state index contributed by atoms with van der Waals surface area (Å²) < 4.78 is 0. The van der Waals surface area contributed by atoms with E-state index in [0.29, 0.717) is 6.54 Å². The van der Waals surface area contributed by atoms with Gasteiger partial charge in [-0.05, 0) is 41.0 Å². The molecule has 19 heavy (non-hydrogen) atoms. The molecule has 0 saturated carbocycles. The van der Waals surface area contributed by atoms with E-state index in [1.165, 1.54) is 11.1 Å². The van der Waals surface area contributed by atoms with Gasteiger partial charge in [-0.15, -0.1) is 0 Å². The molecule has 1 aliphatic rings. The maximum Gasteiger partial charge on any atom is 0.251 e. The molecule has 2 heterocycles.